The summed E-state index contributed by atoms with van der Waals surface area (Å²) in [6.45, 7) is 2.69. The van der Waals surface area contributed by atoms with Crippen LogP contribution in [0.3, 0.4) is 0 Å². The van der Waals surface area contributed by atoms with E-state index in [0.29, 0.717) is 30.6 Å². The second-order valence-electron chi connectivity index (χ2n) is 6.37. The molecule has 1 aromatic carbocycles. The van der Waals surface area contributed by atoms with E-state index < -0.39 is 0 Å². The third-order valence-corrected chi connectivity index (χ3v) is 4.72. The molecule has 1 saturated heterocycles. The van der Waals surface area contributed by atoms with Crippen LogP contribution in [-0.4, -0.2) is 29.6 Å². The van der Waals surface area contributed by atoms with Gasteiger partial charge in [-0.3, -0.25) is 14.9 Å². The molecule has 0 aromatic heterocycles. The van der Waals surface area contributed by atoms with Crippen molar-refractivity contribution in [3.8, 4) is 0 Å². The molecule has 0 N–H and O–H groups in total. The molecule has 0 aliphatic carbocycles. The number of benzene rings is 1. The van der Waals surface area contributed by atoms with Crippen molar-refractivity contribution in [3.05, 3.63) is 33.9 Å². The largest absolute Gasteiger partial charge is 0.375 e. The van der Waals surface area contributed by atoms with Crippen LogP contribution in [0.2, 0.25) is 0 Å². The summed E-state index contributed by atoms with van der Waals surface area (Å²) in [4.78, 5) is 25.1. The average molecular weight is 318 g/mol. The Morgan fingerprint density at radius 2 is 2.26 bits per heavy atom. The molecule has 1 amide bonds. The maximum absolute atomic E-state index is 12.6. The second kappa shape index (κ2) is 6.66. The van der Waals surface area contributed by atoms with Crippen LogP contribution in [0.25, 0.3) is 0 Å². The molecule has 0 spiro atoms. The van der Waals surface area contributed by atoms with Crippen LogP contribution in [0.4, 0.5) is 11.4 Å². The Balaban J connectivity index is 1.71. The van der Waals surface area contributed by atoms with Gasteiger partial charge in [0.1, 0.15) is 0 Å². The first-order valence-corrected chi connectivity index (χ1v) is 8.28. The molecular formula is C17H22N2O4. The minimum atomic E-state index is -0.361. The Hall–Kier alpha value is -1.95. The van der Waals surface area contributed by atoms with Crippen LogP contribution in [0, 0.1) is 10.1 Å². The van der Waals surface area contributed by atoms with Crippen molar-refractivity contribution < 1.29 is 14.5 Å². The summed E-state index contributed by atoms with van der Waals surface area (Å²) in [5.41, 5.74) is 1.51. The molecule has 2 aliphatic heterocycles. The lowest BCUT2D eigenvalue weighted by Gasteiger charge is -2.29. The number of hydrogen-bond donors (Lipinski definition) is 0. The lowest BCUT2D eigenvalue weighted by Crippen LogP contribution is -2.36. The number of amides is 1. The number of rotatable bonds is 4. The van der Waals surface area contributed by atoms with Crippen LogP contribution >= 0.6 is 0 Å². The van der Waals surface area contributed by atoms with Gasteiger partial charge in [0.15, 0.2) is 0 Å². The Bertz CT molecular complexity index is 617. The van der Waals surface area contributed by atoms with Gasteiger partial charge in [0.2, 0.25) is 5.91 Å². The lowest BCUT2D eigenvalue weighted by molar-refractivity contribution is -0.385. The Labute approximate surface area is 135 Å². The van der Waals surface area contributed by atoms with Crippen molar-refractivity contribution in [1.29, 1.82) is 0 Å². The average Bonchev–Trinajstić information content (AvgIpc) is 2.96. The maximum atomic E-state index is 12.6. The smallest absolute Gasteiger partial charge is 0.274 e. The first kappa shape index (κ1) is 15.9. The van der Waals surface area contributed by atoms with Gasteiger partial charge < -0.3 is 9.64 Å². The van der Waals surface area contributed by atoms with Crippen molar-refractivity contribution in [2.45, 2.75) is 57.7 Å². The molecule has 1 aromatic rings. The van der Waals surface area contributed by atoms with Crippen LogP contribution in [0.5, 0.6) is 0 Å². The number of ether oxygens (including phenoxy) is 1. The fourth-order valence-electron chi connectivity index (χ4n) is 3.55. The Morgan fingerprint density at radius 1 is 1.43 bits per heavy atom. The maximum Gasteiger partial charge on any atom is 0.274 e. The standard InChI is InChI=1S/C17H22N2O4/c1-12-7-8-13(23-12)9-10-17(20)18-11-3-4-14-15(18)5-2-6-16(14)19(21)22/h2,5-6,12-13H,3-4,7-11H2,1H3/t12-,13-/m0/s1. The topological polar surface area (TPSA) is 72.7 Å². The molecule has 0 radical (unpaired) electrons. The van der Waals surface area contributed by atoms with E-state index in [9.17, 15) is 14.9 Å². The van der Waals surface area contributed by atoms with Crippen molar-refractivity contribution in [1.82, 2.24) is 0 Å². The number of nitro benzene ring substituents is 1. The molecular weight excluding hydrogens is 296 g/mol. The first-order chi connectivity index (χ1) is 11.1. The zero-order valence-electron chi connectivity index (χ0n) is 13.4. The van der Waals surface area contributed by atoms with Gasteiger partial charge in [-0.25, -0.2) is 0 Å². The van der Waals surface area contributed by atoms with E-state index in [2.05, 4.69) is 6.92 Å². The Kier molecular flexibility index (Phi) is 4.61. The van der Waals surface area contributed by atoms with Crippen molar-refractivity contribution in [3.63, 3.8) is 0 Å². The molecule has 3 rings (SSSR count). The number of nitro groups is 1. The quantitative estimate of drug-likeness (QED) is 0.631. The van der Waals surface area contributed by atoms with E-state index in [-0.39, 0.29) is 28.7 Å². The molecule has 0 saturated carbocycles. The molecule has 0 unspecified atom stereocenters. The summed E-state index contributed by atoms with van der Waals surface area (Å²) < 4.78 is 5.76. The van der Waals surface area contributed by atoms with Crippen molar-refractivity contribution in [2.24, 2.45) is 0 Å². The molecule has 124 valence electrons. The van der Waals surface area contributed by atoms with Crippen LogP contribution in [-0.2, 0) is 16.0 Å². The molecule has 1 fully saturated rings. The van der Waals surface area contributed by atoms with Gasteiger partial charge in [0.05, 0.1) is 28.4 Å². The zero-order valence-corrected chi connectivity index (χ0v) is 13.4. The van der Waals surface area contributed by atoms with Crippen LogP contribution in [0.1, 0.15) is 44.6 Å². The highest BCUT2D eigenvalue weighted by atomic mass is 16.6. The van der Waals surface area contributed by atoms with Gasteiger partial charge in [-0.2, -0.15) is 0 Å². The van der Waals surface area contributed by atoms with E-state index in [1.807, 2.05) is 6.07 Å². The van der Waals surface area contributed by atoms with Crippen LogP contribution < -0.4 is 4.90 Å². The first-order valence-electron chi connectivity index (χ1n) is 8.28. The lowest BCUT2D eigenvalue weighted by atomic mass is 9.99. The monoisotopic (exact) mass is 318 g/mol. The van der Waals surface area contributed by atoms with Crippen LogP contribution in [0.15, 0.2) is 18.2 Å². The fourth-order valence-corrected chi connectivity index (χ4v) is 3.55. The highest BCUT2D eigenvalue weighted by Gasteiger charge is 2.29. The molecule has 2 aliphatic rings. The molecule has 23 heavy (non-hydrogen) atoms. The number of carbonyl (C=O) groups is 1. The molecule has 6 heteroatoms. The molecule has 2 atom stereocenters. The zero-order chi connectivity index (χ0) is 16.4. The number of hydrogen-bond acceptors (Lipinski definition) is 4. The van der Waals surface area contributed by atoms with Crippen molar-refractivity contribution >= 4 is 17.3 Å². The van der Waals surface area contributed by atoms with Crippen molar-refractivity contribution in [2.75, 3.05) is 11.4 Å². The summed E-state index contributed by atoms with van der Waals surface area (Å²) in [5.74, 6) is 0.0367. The van der Waals surface area contributed by atoms with Gasteiger partial charge in [0.25, 0.3) is 5.69 Å². The highest BCUT2D eigenvalue weighted by Crippen LogP contribution is 2.34. The molecule has 2 heterocycles. The SMILES string of the molecule is C[C@H]1CC[C@@H](CCC(=O)N2CCCc3c2cccc3[N+](=O)[O-])O1. The second-order valence-corrected chi connectivity index (χ2v) is 6.37. The van der Waals surface area contributed by atoms with E-state index in [4.69, 9.17) is 4.74 Å². The minimum absolute atomic E-state index is 0.0367. The number of anilines is 1. The van der Waals surface area contributed by atoms with Gasteiger partial charge in [-0.1, -0.05) is 6.07 Å². The fraction of sp³-hybridized carbons (Fsp3) is 0.588. The van der Waals surface area contributed by atoms with Gasteiger partial charge in [0, 0.05) is 19.0 Å². The van der Waals surface area contributed by atoms with E-state index in [0.717, 1.165) is 25.7 Å². The van der Waals surface area contributed by atoms with Gasteiger partial charge in [-0.15, -0.1) is 0 Å². The third-order valence-electron chi connectivity index (χ3n) is 4.72. The van der Waals surface area contributed by atoms with Gasteiger partial charge in [-0.05, 0) is 45.1 Å². The van der Waals surface area contributed by atoms with E-state index in [1.165, 1.54) is 6.07 Å². The predicted octanol–water partition coefficient (Wildman–Crippen LogP) is 3.22. The molecule has 6 nitrogen and oxygen atoms in total. The van der Waals surface area contributed by atoms with E-state index in [1.54, 1.807) is 11.0 Å². The summed E-state index contributed by atoms with van der Waals surface area (Å²) in [5, 5.41) is 11.2. The normalized spacial score (nSPS) is 23.6. The number of nitrogens with zero attached hydrogens (tertiary/aromatic N) is 2. The van der Waals surface area contributed by atoms with Gasteiger partial charge >= 0.3 is 0 Å². The third kappa shape index (κ3) is 3.37. The summed E-state index contributed by atoms with van der Waals surface area (Å²) >= 11 is 0. The summed E-state index contributed by atoms with van der Waals surface area (Å²) in [6, 6.07) is 4.98. The Morgan fingerprint density at radius 3 is 2.96 bits per heavy atom. The molecule has 0 bridgehead atoms. The highest BCUT2D eigenvalue weighted by molar-refractivity contribution is 5.95. The minimum Gasteiger partial charge on any atom is -0.375 e. The summed E-state index contributed by atoms with van der Waals surface area (Å²) in [7, 11) is 0. The predicted molar refractivity (Wildman–Crippen MR) is 86.6 cm³/mol. The number of carbonyl (C=O) groups excluding carboxylic acids is 1. The summed E-state index contributed by atoms with van der Waals surface area (Å²) in [6.07, 6.45) is 5.09. The van der Waals surface area contributed by atoms with E-state index >= 15 is 0 Å². The number of fused-ring (bicyclic) bond motifs is 1.